The first kappa shape index (κ1) is 17.4. The van der Waals surface area contributed by atoms with Crippen LogP contribution in [0, 0.1) is 5.82 Å². The lowest BCUT2D eigenvalue weighted by Gasteiger charge is -2.07. The monoisotopic (exact) mass is 326 g/mol. The molecule has 2 aromatic carbocycles. The zero-order valence-electron chi connectivity index (χ0n) is 13.2. The Morgan fingerprint density at radius 3 is 2.25 bits per heavy atom. The summed E-state index contributed by atoms with van der Waals surface area (Å²) in [5, 5.41) is 5.46. The molecule has 0 radical (unpaired) electrons. The number of carbonyl (C=O) groups excluding carboxylic acids is 2. The minimum Gasteiger partial charge on any atom is -0.352 e. The Balaban J connectivity index is 1.91. The van der Waals surface area contributed by atoms with Crippen molar-refractivity contribution in [2.24, 2.45) is 0 Å². The minimum atomic E-state index is -0.283. The van der Waals surface area contributed by atoms with Gasteiger partial charge in [-0.25, -0.2) is 4.39 Å². The van der Waals surface area contributed by atoms with Crippen molar-refractivity contribution in [1.29, 1.82) is 0 Å². The van der Waals surface area contributed by atoms with Gasteiger partial charge in [0.25, 0.3) is 11.8 Å². The highest BCUT2D eigenvalue weighted by atomic mass is 19.1. The van der Waals surface area contributed by atoms with Crippen molar-refractivity contribution >= 4 is 11.8 Å². The quantitative estimate of drug-likeness (QED) is 0.769. The number of nitrogens with one attached hydrogen (secondary N) is 2. The lowest BCUT2D eigenvalue weighted by molar-refractivity contribution is 0.0954. The summed E-state index contributed by atoms with van der Waals surface area (Å²) in [6, 6.07) is 12.7. The van der Waals surface area contributed by atoms with Gasteiger partial charge in [0.15, 0.2) is 0 Å². The molecule has 0 heterocycles. The summed E-state index contributed by atoms with van der Waals surface area (Å²) in [6.45, 7) is 4.33. The molecule has 0 bridgehead atoms. The lowest BCUT2D eigenvalue weighted by atomic mass is 10.1. The number of halogens is 1. The van der Waals surface area contributed by atoms with Gasteiger partial charge in [-0.3, -0.25) is 9.59 Å². The van der Waals surface area contributed by atoms with Gasteiger partial charge < -0.3 is 10.6 Å². The standard InChI is InChI=1S/C19H19FN2O2/c1-2-11-21-18(23)15-4-3-5-16(13-15)19(24)22-12-10-14-6-8-17(20)9-7-14/h2-9,13H,1,10-12H2,(H,21,23)(H,22,24). The van der Waals surface area contributed by atoms with E-state index >= 15 is 0 Å². The van der Waals surface area contributed by atoms with Gasteiger partial charge >= 0.3 is 0 Å². The smallest absolute Gasteiger partial charge is 0.251 e. The Bertz CT molecular complexity index is 726. The van der Waals surface area contributed by atoms with Crippen molar-refractivity contribution in [2.45, 2.75) is 6.42 Å². The second-order valence-corrected chi connectivity index (χ2v) is 5.21. The lowest BCUT2D eigenvalue weighted by Crippen LogP contribution is -2.27. The Morgan fingerprint density at radius 1 is 1.00 bits per heavy atom. The molecule has 0 aliphatic rings. The number of rotatable bonds is 7. The Morgan fingerprint density at radius 2 is 1.62 bits per heavy atom. The van der Waals surface area contributed by atoms with E-state index in [1.54, 1.807) is 42.5 Å². The van der Waals surface area contributed by atoms with Gasteiger partial charge in [-0.1, -0.05) is 24.3 Å². The fourth-order valence-corrected chi connectivity index (χ4v) is 2.14. The molecule has 0 saturated carbocycles. The third kappa shape index (κ3) is 5.05. The molecule has 4 nitrogen and oxygen atoms in total. The van der Waals surface area contributed by atoms with Crippen molar-refractivity contribution < 1.29 is 14.0 Å². The molecule has 2 amide bonds. The first-order valence-electron chi connectivity index (χ1n) is 7.62. The van der Waals surface area contributed by atoms with Gasteiger partial charge in [-0.05, 0) is 42.3 Å². The Labute approximate surface area is 140 Å². The molecule has 2 rings (SSSR count). The van der Waals surface area contributed by atoms with E-state index in [-0.39, 0.29) is 17.6 Å². The third-order valence-electron chi connectivity index (χ3n) is 3.41. The van der Waals surface area contributed by atoms with E-state index in [1.807, 2.05) is 0 Å². The highest BCUT2D eigenvalue weighted by Gasteiger charge is 2.09. The van der Waals surface area contributed by atoms with E-state index in [4.69, 9.17) is 0 Å². The zero-order chi connectivity index (χ0) is 17.4. The van der Waals surface area contributed by atoms with E-state index in [0.29, 0.717) is 30.6 Å². The number of hydrogen-bond donors (Lipinski definition) is 2. The normalized spacial score (nSPS) is 10.0. The summed E-state index contributed by atoms with van der Waals surface area (Å²) in [4.78, 5) is 24.0. The molecule has 0 fully saturated rings. The van der Waals surface area contributed by atoms with Gasteiger partial charge in [-0.2, -0.15) is 0 Å². The summed E-state index contributed by atoms with van der Waals surface area (Å²) in [5.41, 5.74) is 1.78. The van der Waals surface area contributed by atoms with E-state index < -0.39 is 0 Å². The molecule has 2 N–H and O–H groups in total. The van der Waals surface area contributed by atoms with Crippen molar-refractivity contribution in [3.8, 4) is 0 Å². The van der Waals surface area contributed by atoms with Gasteiger partial charge in [0, 0.05) is 24.2 Å². The molecule has 0 aliphatic carbocycles. The number of hydrogen-bond acceptors (Lipinski definition) is 2. The van der Waals surface area contributed by atoms with Crippen LogP contribution in [0.3, 0.4) is 0 Å². The van der Waals surface area contributed by atoms with Gasteiger partial charge in [-0.15, -0.1) is 6.58 Å². The minimum absolute atomic E-state index is 0.254. The van der Waals surface area contributed by atoms with Crippen LogP contribution in [-0.2, 0) is 6.42 Å². The summed E-state index contributed by atoms with van der Waals surface area (Å²) in [6.07, 6.45) is 2.19. The molecule has 2 aromatic rings. The molecular weight excluding hydrogens is 307 g/mol. The van der Waals surface area contributed by atoms with Gasteiger partial charge in [0.05, 0.1) is 0 Å². The predicted molar refractivity (Wildman–Crippen MR) is 91.4 cm³/mol. The van der Waals surface area contributed by atoms with Crippen LogP contribution in [0.15, 0.2) is 61.2 Å². The van der Waals surface area contributed by atoms with Crippen LogP contribution >= 0.6 is 0 Å². The van der Waals surface area contributed by atoms with E-state index in [1.165, 1.54) is 12.1 Å². The van der Waals surface area contributed by atoms with Crippen LogP contribution < -0.4 is 10.6 Å². The molecule has 0 aromatic heterocycles. The zero-order valence-corrected chi connectivity index (χ0v) is 13.2. The summed E-state index contributed by atoms with van der Waals surface area (Å²) >= 11 is 0. The summed E-state index contributed by atoms with van der Waals surface area (Å²) < 4.78 is 12.8. The first-order valence-corrected chi connectivity index (χ1v) is 7.62. The van der Waals surface area contributed by atoms with Crippen LogP contribution in [0.4, 0.5) is 4.39 Å². The first-order chi connectivity index (χ1) is 11.6. The van der Waals surface area contributed by atoms with Crippen molar-refractivity contribution in [2.75, 3.05) is 13.1 Å². The highest BCUT2D eigenvalue weighted by molar-refractivity contribution is 5.99. The van der Waals surface area contributed by atoms with Gasteiger partial charge in [0.2, 0.25) is 0 Å². The van der Waals surface area contributed by atoms with Crippen LogP contribution in [0.2, 0.25) is 0 Å². The fourth-order valence-electron chi connectivity index (χ4n) is 2.14. The SMILES string of the molecule is C=CCNC(=O)c1cccc(C(=O)NCCc2ccc(F)cc2)c1. The maximum atomic E-state index is 12.8. The second kappa shape index (κ2) is 8.62. The van der Waals surface area contributed by atoms with E-state index in [2.05, 4.69) is 17.2 Å². The van der Waals surface area contributed by atoms with Crippen molar-refractivity contribution in [3.63, 3.8) is 0 Å². The second-order valence-electron chi connectivity index (χ2n) is 5.21. The summed E-state index contributed by atoms with van der Waals surface area (Å²) in [7, 11) is 0. The molecular formula is C19H19FN2O2. The number of carbonyl (C=O) groups is 2. The highest BCUT2D eigenvalue weighted by Crippen LogP contribution is 2.06. The van der Waals surface area contributed by atoms with Crippen LogP contribution in [0.1, 0.15) is 26.3 Å². The van der Waals surface area contributed by atoms with E-state index in [0.717, 1.165) is 5.56 Å². The van der Waals surface area contributed by atoms with Crippen molar-refractivity contribution in [3.05, 3.63) is 83.7 Å². The largest absolute Gasteiger partial charge is 0.352 e. The molecule has 0 saturated heterocycles. The molecule has 24 heavy (non-hydrogen) atoms. The molecule has 0 atom stereocenters. The van der Waals surface area contributed by atoms with Crippen molar-refractivity contribution in [1.82, 2.24) is 10.6 Å². The third-order valence-corrected chi connectivity index (χ3v) is 3.41. The van der Waals surface area contributed by atoms with Crippen LogP contribution in [0.25, 0.3) is 0 Å². The molecule has 0 spiro atoms. The Kier molecular flexibility index (Phi) is 6.25. The predicted octanol–water partition coefficient (Wildman–Crippen LogP) is 2.71. The molecule has 0 unspecified atom stereocenters. The van der Waals surface area contributed by atoms with Crippen LogP contribution in [0.5, 0.6) is 0 Å². The average Bonchev–Trinajstić information content (AvgIpc) is 2.61. The molecule has 124 valence electrons. The topological polar surface area (TPSA) is 58.2 Å². The number of benzene rings is 2. The maximum Gasteiger partial charge on any atom is 0.251 e. The average molecular weight is 326 g/mol. The van der Waals surface area contributed by atoms with Crippen LogP contribution in [-0.4, -0.2) is 24.9 Å². The van der Waals surface area contributed by atoms with E-state index in [9.17, 15) is 14.0 Å². The molecule has 5 heteroatoms. The maximum absolute atomic E-state index is 12.8. The Hall–Kier alpha value is -2.95. The summed E-state index contributed by atoms with van der Waals surface area (Å²) in [5.74, 6) is -0.791. The number of amides is 2. The van der Waals surface area contributed by atoms with Gasteiger partial charge in [0.1, 0.15) is 5.82 Å². The molecule has 0 aliphatic heterocycles. The fraction of sp³-hybridized carbons (Fsp3) is 0.158.